The van der Waals surface area contributed by atoms with E-state index in [2.05, 4.69) is 21.6 Å². The predicted molar refractivity (Wildman–Crippen MR) is 114 cm³/mol. The Labute approximate surface area is 176 Å². The van der Waals surface area contributed by atoms with Gasteiger partial charge in [0.1, 0.15) is 5.75 Å². The first-order valence-corrected chi connectivity index (χ1v) is 10.7. The third-order valence-corrected chi connectivity index (χ3v) is 6.27. The summed E-state index contributed by atoms with van der Waals surface area (Å²) in [5.41, 5.74) is 3.86. The fourth-order valence-corrected chi connectivity index (χ4v) is 4.48. The topological polar surface area (TPSA) is 87.9 Å². The van der Waals surface area contributed by atoms with Gasteiger partial charge >= 0.3 is 0 Å². The molecule has 6 nitrogen and oxygen atoms in total. The van der Waals surface area contributed by atoms with Crippen molar-refractivity contribution in [2.75, 3.05) is 11.9 Å². The summed E-state index contributed by atoms with van der Waals surface area (Å²) in [4.78, 5) is 12.2. The van der Waals surface area contributed by atoms with Crippen molar-refractivity contribution in [2.24, 2.45) is 0 Å². The molecule has 0 fully saturated rings. The number of amides is 1. The minimum atomic E-state index is -0.249. The van der Waals surface area contributed by atoms with E-state index in [9.17, 15) is 4.79 Å². The normalized spacial score (nSPS) is 12.4. The van der Waals surface area contributed by atoms with E-state index < -0.39 is 0 Å². The maximum Gasteiger partial charge on any atom is 0.250 e. The molecular formula is C21H16N4O2S2. The number of nitrogens with zero attached hydrogens (tertiary/aromatic N) is 3. The van der Waals surface area contributed by atoms with Gasteiger partial charge in [-0.1, -0.05) is 41.3 Å². The summed E-state index contributed by atoms with van der Waals surface area (Å²) in [5.74, 6) is 1.39. The van der Waals surface area contributed by atoms with Crippen LogP contribution >= 0.6 is 23.1 Å². The van der Waals surface area contributed by atoms with Crippen LogP contribution in [0.2, 0.25) is 0 Å². The van der Waals surface area contributed by atoms with E-state index in [1.54, 1.807) is 18.2 Å². The van der Waals surface area contributed by atoms with Gasteiger partial charge < -0.3 is 4.74 Å². The molecule has 4 rings (SSSR count). The number of rotatable bonds is 6. The Morgan fingerprint density at radius 2 is 2.14 bits per heavy atom. The molecule has 8 heteroatoms. The Bertz CT molecular complexity index is 1100. The van der Waals surface area contributed by atoms with E-state index in [-0.39, 0.29) is 5.91 Å². The quantitative estimate of drug-likeness (QED) is 0.364. The lowest BCUT2D eigenvalue weighted by molar-refractivity contribution is -0.111. The molecule has 0 spiro atoms. The molecule has 1 amide bonds. The number of nitriles is 1. The highest BCUT2D eigenvalue weighted by atomic mass is 32.2. The van der Waals surface area contributed by atoms with Gasteiger partial charge in [-0.15, -0.1) is 10.2 Å². The molecule has 0 saturated heterocycles. The number of carbonyl (C=O) groups excluding carboxylic acids is 1. The molecule has 2 aromatic carbocycles. The average molecular weight is 421 g/mol. The first-order valence-electron chi connectivity index (χ1n) is 8.90. The molecule has 3 aromatic rings. The van der Waals surface area contributed by atoms with Gasteiger partial charge in [0.25, 0.3) is 0 Å². The number of anilines is 1. The SMILES string of the molecule is N#Cc1ccc(CSc2nnc(NC(=O)/C=C/c3ccc4c(c3)CCO4)s2)cc1. The third-order valence-electron chi connectivity index (χ3n) is 4.22. The van der Waals surface area contributed by atoms with Crippen molar-refractivity contribution in [3.05, 3.63) is 70.8 Å². The van der Waals surface area contributed by atoms with Gasteiger partial charge in [-0.2, -0.15) is 5.26 Å². The van der Waals surface area contributed by atoms with E-state index in [1.165, 1.54) is 34.7 Å². The molecule has 1 aliphatic rings. The fourth-order valence-electron chi connectivity index (χ4n) is 2.77. The second kappa shape index (κ2) is 8.90. The summed E-state index contributed by atoms with van der Waals surface area (Å²) >= 11 is 2.87. The molecule has 1 N–H and O–H groups in total. The van der Waals surface area contributed by atoms with Crippen LogP contribution in [0.3, 0.4) is 0 Å². The van der Waals surface area contributed by atoms with Crippen LogP contribution in [-0.4, -0.2) is 22.7 Å². The van der Waals surface area contributed by atoms with Crippen LogP contribution < -0.4 is 10.1 Å². The van der Waals surface area contributed by atoms with Crippen molar-refractivity contribution in [3.63, 3.8) is 0 Å². The summed E-state index contributed by atoms with van der Waals surface area (Å²) in [6.45, 7) is 0.714. The molecule has 0 unspecified atom stereocenters. The van der Waals surface area contributed by atoms with E-state index in [0.29, 0.717) is 17.3 Å². The fraction of sp³-hybridized carbons (Fsp3) is 0.143. The van der Waals surface area contributed by atoms with Gasteiger partial charge in [-0.3, -0.25) is 10.1 Å². The number of benzene rings is 2. The lowest BCUT2D eigenvalue weighted by atomic mass is 10.1. The number of thioether (sulfide) groups is 1. The lowest BCUT2D eigenvalue weighted by Gasteiger charge is -2.00. The Morgan fingerprint density at radius 1 is 1.28 bits per heavy atom. The highest BCUT2D eigenvalue weighted by Crippen LogP contribution is 2.29. The molecule has 0 aliphatic carbocycles. The monoisotopic (exact) mass is 420 g/mol. The average Bonchev–Trinajstić information content (AvgIpc) is 3.40. The Kier molecular flexibility index (Phi) is 5.89. The predicted octanol–water partition coefficient (Wildman–Crippen LogP) is 4.29. The largest absolute Gasteiger partial charge is 0.493 e. The number of fused-ring (bicyclic) bond motifs is 1. The van der Waals surface area contributed by atoms with Gasteiger partial charge in [0.05, 0.1) is 18.2 Å². The van der Waals surface area contributed by atoms with Crippen LogP contribution in [-0.2, 0) is 17.0 Å². The third kappa shape index (κ3) is 5.02. The number of carbonyl (C=O) groups is 1. The zero-order valence-corrected chi connectivity index (χ0v) is 16.9. The van der Waals surface area contributed by atoms with Crippen molar-refractivity contribution < 1.29 is 9.53 Å². The maximum absolute atomic E-state index is 12.2. The molecule has 2 heterocycles. The molecule has 0 bridgehead atoms. The van der Waals surface area contributed by atoms with Gasteiger partial charge in [0.2, 0.25) is 11.0 Å². The summed E-state index contributed by atoms with van der Waals surface area (Å²) in [5, 5.41) is 20.2. The summed E-state index contributed by atoms with van der Waals surface area (Å²) in [6.07, 6.45) is 4.16. The second-order valence-corrected chi connectivity index (χ2v) is 8.46. The van der Waals surface area contributed by atoms with Crippen molar-refractivity contribution >= 4 is 40.2 Å². The molecule has 144 valence electrons. The first kappa shape index (κ1) is 19.2. The van der Waals surface area contributed by atoms with E-state index >= 15 is 0 Å². The highest BCUT2D eigenvalue weighted by molar-refractivity contribution is 8.00. The number of aromatic nitrogens is 2. The minimum absolute atomic E-state index is 0.249. The van der Waals surface area contributed by atoms with Gasteiger partial charge in [0.15, 0.2) is 4.34 Å². The number of nitrogens with one attached hydrogen (secondary N) is 1. The lowest BCUT2D eigenvalue weighted by Crippen LogP contribution is -2.07. The zero-order valence-electron chi connectivity index (χ0n) is 15.3. The van der Waals surface area contributed by atoms with E-state index in [4.69, 9.17) is 10.00 Å². The number of ether oxygens (including phenoxy) is 1. The molecule has 0 radical (unpaired) electrons. The van der Waals surface area contributed by atoms with Crippen molar-refractivity contribution in [1.29, 1.82) is 5.26 Å². The maximum atomic E-state index is 12.2. The van der Waals surface area contributed by atoms with Gasteiger partial charge in [-0.05, 0) is 47.0 Å². The minimum Gasteiger partial charge on any atom is -0.493 e. The number of hydrogen-bond acceptors (Lipinski definition) is 7. The van der Waals surface area contributed by atoms with Crippen LogP contribution in [0.4, 0.5) is 5.13 Å². The van der Waals surface area contributed by atoms with Crippen LogP contribution in [0.15, 0.2) is 52.9 Å². The Hall–Kier alpha value is -3.15. The molecule has 1 aliphatic heterocycles. The van der Waals surface area contributed by atoms with Crippen LogP contribution in [0.25, 0.3) is 6.08 Å². The summed E-state index contributed by atoms with van der Waals surface area (Å²) < 4.78 is 6.26. The first-order chi connectivity index (χ1) is 14.2. The Morgan fingerprint density at radius 3 is 2.97 bits per heavy atom. The van der Waals surface area contributed by atoms with Crippen molar-refractivity contribution in [3.8, 4) is 11.8 Å². The van der Waals surface area contributed by atoms with Crippen molar-refractivity contribution in [2.45, 2.75) is 16.5 Å². The smallest absolute Gasteiger partial charge is 0.250 e. The highest BCUT2D eigenvalue weighted by Gasteiger charge is 2.11. The molecular weight excluding hydrogens is 404 g/mol. The zero-order chi connectivity index (χ0) is 20.1. The van der Waals surface area contributed by atoms with Crippen molar-refractivity contribution in [1.82, 2.24) is 10.2 Å². The van der Waals surface area contributed by atoms with Crippen LogP contribution in [0.5, 0.6) is 5.75 Å². The van der Waals surface area contributed by atoms with E-state index in [1.807, 2.05) is 30.3 Å². The van der Waals surface area contributed by atoms with Gasteiger partial charge in [0, 0.05) is 18.2 Å². The van der Waals surface area contributed by atoms with Crippen LogP contribution in [0.1, 0.15) is 22.3 Å². The molecule has 0 atom stereocenters. The Balaban J connectivity index is 1.30. The number of hydrogen-bond donors (Lipinski definition) is 1. The van der Waals surface area contributed by atoms with Crippen LogP contribution in [0, 0.1) is 11.3 Å². The second-order valence-electron chi connectivity index (χ2n) is 6.26. The van der Waals surface area contributed by atoms with Gasteiger partial charge in [-0.25, -0.2) is 0 Å². The molecule has 29 heavy (non-hydrogen) atoms. The molecule has 0 saturated carbocycles. The summed E-state index contributed by atoms with van der Waals surface area (Å²) in [6, 6.07) is 15.4. The molecule has 1 aromatic heterocycles. The standard InChI is InChI=1S/C21H16N4O2S2/c22-12-15-1-3-16(4-2-15)13-28-21-25-24-20(29-21)23-19(26)8-6-14-5-7-18-17(11-14)9-10-27-18/h1-8,11H,9-10,13H2,(H,23,24,26)/b8-6+. The van der Waals surface area contributed by atoms with E-state index in [0.717, 1.165) is 33.4 Å². The summed E-state index contributed by atoms with van der Waals surface area (Å²) in [7, 11) is 0.